The van der Waals surface area contributed by atoms with Crippen LogP contribution in [0.1, 0.15) is 0 Å². The number of anilines is 1. The first-order chi connectivity index (χ1) is 10.8. The van der Waals surface area contributed by atoms with E-state index in [1.165, 1.54) is 4.90 Å². The summed E-state index contributed by atoms with van der Waals surface area (Å²) in [6, 6.07) is 8.86. The summed E-state index contributed by atoms with van der Waals surface area (Å²) in [7, 11) is 0. The van der Waals surface area contributed by atoms with Crippen LogP contribution in [0.5, 0.6) is 0 Å². The molecular weight excluding hydrogens is 377 g/mol. The molecule has 0 aliphatic carbocycles. The number of aliphatic carboxylic acids is 1. The molecule has 122 valence electrons. The summed E-state index contributed by atoms with van der Waals surface area (Å²) < 4.78 is 39.9. The topological polar surface area (TPSA) is 53.4 Å². The van der Waals surface area contributed by atoms with Gasteiger partial charge in [0.15, 0.2) is 0 Å². The van der Waals surface area contributed by atoms with E-state index in [0.29, 0.717) is 11.3 Å². The molecule has 1 saturated heterocycles. The molecule has 0 saturated carbocycles. The van der Waals surface area contributed by atoms with Gasteiger partial charge in [-0.3, -0.25) is 4.79 Å². The lowest BCUT2D eigenvalue weighted by atomic mass is 9.96. The maximum atomic E-state index is 13.1. The third-order valence-corrected chi connectivity index (χ3v) is 4.68. The second-order valence-corrected chi connectivity index (χ2v) is 6.33. The van der Waals surface area contributed by atoms with Gasteiger partial charge in [-0.2, -0.15) is 13.2 Å². The molecule has 1 aliphatic heterocycles. The van der Waals surface area contributed by atoms with Gasteiger partial charge in [0.1, 0.15) is 5.82 Å². The fourth-order valence-electron chi connectivity index (χ4n) is 2.85. The van der Waals surface area contributed by atoms with Gasteiger partial charge in [-0.05, 0) is 34.1 Å². The molecule has 0 spiro atoms. The zero-order valence-electron chi connectivity index (χ0n) is 11.7. The monoisotopic (exact) mass is 388 g/mol. The van der Waals surface area contributed by atoms with Crippen molar-refractivity contribution >= 4 is 38.6 Å². The normalized spacial score (nSPS) is 21.8. The quantitative estimate of drug-likeness (QED) is 0.851. The molecule has 1 aliphatic rings. The van der Waals surface area contributed by atoms with Crippen LogP contribution in [0, 0.1) is 11.8 Å². The highest BCUT2D eigenvalue weighted by Crippen LogP contribution is 2.39. The zero-order chi connectivity index (χ0) is 16.8. The number of fused-ring (bicyclic) bond motifs is 1. The summed E-state index contributed by atoms with van der Waals surface area (Å²) in [5.74, 6) is -4.46. The van der Waals surface area contributed by atoms with Crippen LogP contribution in [-0.4, -0.2) is 35.3 Å². The first-order valence-corrected chi connectivity index (χ1v) is 7.66. The van der Waals surface area contributed by atoms with Gasteiger partial charge >= 0.3 is 12.1 Å². The minimum atomic E-state index is -4.55. The molecule has 0 amide bonds. The number of carbonyl (C=O) groups is 1. The number of rotatable bonds is 2. The molecule has 0 bridgehead atoms. The number of hydrogen-bond acceptors (Lipinski definition) is 3. The lowest BCUT2D eigenvalue weighted by Gasteiger charge is -2.19. The first kappa shape index (κ1) is 16.0. The lowest BCUT2D eigenvalue weighted by molar-refractivity contribution is -0.187. The van der Waals surface area contributed by atoms with Crippen molar-refractivity contribution in [1.29, 1.82) is 0 Å². The number of halogens is 4. The summed E-state index contributed by atoms with van der Waals surface area (Å²) >= 11 is 3.36. The van der Waals surface area contributed by atoms with E-state index >= 15 is 0 Å². The Labute approximate surface area is 138 Å². The number of para-hydroxylation sites is 1. The predicted molar refractivity (Wildman–Crippen MR) is 82.3 cm³/mol. The number of aromatic nitrogens is 1. The van der Waals surface area contributed by atoms with E-state index in [9.17, 15) is 18.0 Å². The van der Waals surface area contributed by atoms with E-state index in [1.807, 2.05) is 12.1 Å². The number of alkyl halides is 3. The van der Waals surface area contributed by atoms with E-state index in [4.69, 9.17) is 5.11 Å². The summed E-state index contributed by atoms with van der Waals surface area (Å²) in [6.45, 7) is -0.605. The van der Waals surface area contributed by atoms with Gasteiger partial charge in [-0.1, -0.05) is 12.1 Å². The molecule has 4 nitrogen and oxygen atoms in total. The average molecular weight is 389 g/mol. The summed E-state index contributed by atoms with van der Waals surface area (Å²) in [5.41, 5.74) is 0.632. The second-order valence-electron chi connectivity index (χ2n) is 5.48. The maximum absolute atomic E-state index is 13.1. The molecule has 1 N–H and O–H groups in total. The Hall–Kier alpha value is -1.83. The molecule has 0 radical (unpaired) electrons. The zero-order valence-corrected chi connectivity index (χ0v) is 13.3. The molecule has 2 heterocycles. The smallest absolute Gasteiger partial charge is 0.394 e. The predicted octanol–water partition coefficient (Wildman–Crippen LogP) is 3.70. The van der Waals surface area contributed by atoms with Crippen LogP contribution in [-0.2, 0) is 4.79 Å². The number of carboxylic acids is 1. The molecule has 2 atom stereocenters. The highest BCUT2D eigenvalue weighted by Gasteiger charge is 2.52. The van der Waals surface area contributed by atoms with Crippen molar-refractivity contribution in [3.8, 4) is 0 Å². The third kappa shape index (κ3) is 2.99. The van der Waals surface area contributed by atoms with Crippen LogP contribution in [0.25, 0.3) is 10.9 Å². The molecule has 0 unspecified atom stereocenters. The third-order valence-electron chi connectivity index (χ3n) is 4.04. The van der Waals surface area contributed by atoms with Crippen molar-refractivity contribution in [2.24, 2.45) is 11.8 Å². The summed E-state index contributed by atoms with van der Waals surface area (Å²) in [6.07, 6.45) is -4.55. The molecule has 23 heavy (non-hydrogen) atoms. The van der Waals surface area contributed by atoms with Crippen molar-refractivity contribution in [2.75, 3.05) is 18.0 Å². The second kappa shape index (κ2) is 5.67. The van der Waals surface area contributed by atoms with Crippen LogP contribution in [0.4, 0.5) is 19.0 Å². The van der Waals surface area contributed by atoms with Gasteiger partial charge in [0.05, 0.1) is 17.4 Å². The Morgan fingerprint density at radius 3 is 2.61 bits per heavy atom. The molecule has 1 aromatic carbocycles. The SMILES string of the molecule is O=C(O)[C@@H]1CN(c2ccc3cccc(Br)c3n2)C[C@H]1C(F)(F)F. The maximum Gasteiger partial charge on any atom is 0.394 e. The van der Waals surface area contributed by atoms with E-state index in [1.54, 1.807) is 18.2 Å². The fraction of sp³-hybridized carbons (Fsp3) is 0.333. The number of benzene rings is 1. The average Bonchev–Trinajstić information content (AvgIpc) is 2.93. The molecule has 3 rings (SSSR count). The lowest BCUT2D eigenvalue weighted by Crippen LogP contribution is -2.33. The Morgan fingerprint density at radius 1 is 1.26 bits per heavy atom. The van der Waals surface area contributed by atoms with E-state index in [-0.39, 0.29) is 6.54 Å². The van der Waals surface area contributed by atoms with Crippen LogP contribution in [0.2, 0.25) is 0 Å². The molecular formula is C15H12BrF3N2O2. The number of nitrogens with zero attached hydrogens (tertiary/aromatic N) is 2. The van der Waals surface area contributed by atoms with Crippen LogP contribution >= 0.6 is 15.9 Å². The van der Waals surface area contributed by atoms with Crippen molar-refractivity contribution in [2.45, 2.75) is 6.18 Å². The minimum absolute atomic E-state index is 0.206. The fourth-order valence-corrected chi connectivity index (χ4v) is 3.32. The Morgan fingerprint density at radius 2 is 2.00 bits per heavy atom. The van der Waals surface area contributed by atoms with Crippen LogP contribution in [0.15, 0.2) is 34.8 Å². The van der Waals surface area contributed by atoms with Crippen LogP contribution in [0.3, 0.4) is 0 Å². The van der Waals surface area contributed by atoms with E-state index in [0.717, 1.165) is 9.86 Å². The van der Waals surface area contributed by atoms with Crippen molar-refractivity contribution in [3.63, 3.8) is 0 Å². The van der Waals surface area contributed by atoms with Crippen molar-refractivity contribution in [3.05, 3.63) is 34.8 Å². The van der Waals surface area contributed by atoms with E-state index < -0.39 is 30.5 Å². The number of pyridine rings is 1. The summed E-state index contributed by atoms with van der Waals surface area (Å²) in [5, 5.41) is 9.92. The largest absolute Gasteiger partial charge is 0.481 e. The van der Waals surface area contributed by atoms with Gasteiger partial charge in [0.25, 0.3) is 0 Å². The molecule has 2 aromatic rings. The Balaban J connectivity index is 1.96. The van der Waals surface area contributed by atoms with Gasteiger partial charge in [0, 0.05) is 22.9 Å². The minimum Gasteiger partial charge on any atom is -0.481 e. The van der Waals surface area contributed by atoms with E-state index in [2.05, 4.69) is 20.9 Å². The summed E-state index contributed by atoms with van der Waals surface area (Å²) in [4.78, 5) is 16.9. The van der Waals surface area contributed by atoms with Gasteiger partial charge in [0.2, 0.25) is 0 Å². The molecule has 1 fully saturated rings. The highest BCUT2D eigenvalue weighted by molar-refractivity contribution is 9.10. The van der Waals surface area contributed by atoms with Crippen LogP contribution < -0.4 is 4.90 Å². The molecule has 8 heteroatoms. The Bertz CT molecular complexity index is 766. The van der Waals surface area contributed by atoms with Gasteiger partial charge in [-0.25, -0.2) is 4.98 Å². The van der Waals surface area contributed by atoms with Crippen molar-refractivity contribution < 1.29 is 23.1 Å². The van der Waals surface area contributed by atoms with Gasteiger partial charge < -0.3 is 10.0 Å². The Kier molecular flexibility index (Phi) is 3.95. The number of hydrogen-bond donors (Lipinski definition) is 1. The standard InChI is InChI=1S/C15H12BrF3N2O2/c16-11-3-1-2-8-4-5-12(20-13(8)11)21-6-9(14(22)23)10(7-21)15(17,18)19/h1-5,9-10H,6-7H2,(H,22,23)/t9-,10-/m1/s1. The highest BCUT2D eigenvalue weighted by atomic mass is 79.9. The molecule has 1 aromatic heterocycles. The van der Waals surface area contributed by atoms with Gasteiger partial charge in [-0.15, -0.1) is 0 Å². The first-order valence-electron chi connectivity index (χ1n) is 6.87. The van der Waals surface area contributed by atoms with Crippen molar-refractivity contribution in [1.82, 2.24) is 4.98 Å². The number of carboxylic acid groups (broad SMARTS) is 1.